The molecule has 0 amide bonds. The number of halogens is 3. The van der Waals surface area contributed by atoms with Crippen LogP contribution in [0.25, 0.3) is 0 Å². The summed E-state index contributed by atoms with van der Waals surface area (Å²) >= 11 is 0. The molecule has 0 bridgehead atoms. The summed E-state index contributed by atoms with van der Waals surface area (Å²) in [5, 5.41) is 11.6. The van der Waals surface area contributed by atoms with Gasteiger partial charge in [0.25, 0.3) is 5.69 Å². The largest absolute Gasteiger partial charge is 0.497 e. The van der Waals surface area contributed by atoms with Crippen LogP contribution in [-0.2, 0) is 31.7 Å². The Morgan fingerprint density at radius 2 is 1.56 bits per heavy atom. The van der Waals surface area contributed by atoms with Crippen molar-refractivity contribution < 1.29 is 41.9 Å². The third-order valence-electron chi connectivity index (χ3n) is 5.83. The van der Waals surface area contributed by atoms with Gasteiger partial charge >= 0.3 is 18.1 Å². The lowest BCUT2D eigenvalue weighted by atomic mass is 9.67. The number of carbonyl (C=O) groups excluding carboxylic acids is 2. The van der Waals surface area contributed by atoms with Crippen molar-refractivity contribution in [2.45, 2.75) is 31.9 Å². The number of hydrogen-bond acceptors (Lipinski definition) is 7. The average molecular weight is 483 g/mol. The second kappa shape index (κ2) is 10.5. The molecule has 184 valence electrons. The van der Waals surface area contributed by atoms with Crippen LogP contribution >= 0.6 is 0 Å². The molecular formula is C23H24F3NO7. The van der Waals surface area contributed by atoms with Crippen LogP contribution in [0.15, 0.2) is 42.5 Å². The first-order valence-corrected chi connectivity index (χ1v) is 10.1. The monoisotopic (exact) mass is 483 g/mol. The van der Waals surface area contributed by atoms with E-state index in [1.54, 1.807) is 0 Å². The van der Waals surface area contributed by atoms with E-state index in [4.69, 9.17) is 14.2 Å². The number of rotatable bonds is 9. The minimum absolute atomic E-state index is 0.203. The van der Waals surface area contributed by atoms with Gasteiger partial charge in [-0.25, -0.2) is 0 Å². The zero-order valence-corrected chi connectivity index (χ0v) is 19.0. The first-order valence-electron chi connectivity index (χ1n) is 10.1. The first kappa shape index (κ1) is 26.6. The lowest BCUT2D eigenvalue weighted by Gasteiger charge is -2.36. The van der Waals surface area contributed by atoms with Gasteiger partial charge in [0.15, 0.2) is 5.41 Å². The Kier molecular flexibility index (Phi) is 8.25. The zero-order valence-electron chi connectivity index (χ0n) is 19.0. The van der Waals surface area contributed by atoms with E-state index in [0.717, 1.165) is 32.4 Å². The van der Waals surface area contributed by atoms with E-state index in [9.17, 15) is 32.9 Å². The predicted molar refractivity (Wildman–Crippen MR) is 114 cm³/mol. The molecular weight excluding hydrogens is 459 g/mol. The Labute approximate surface area is 193 Å². The zero-order chi connectivity index (χ0) is 25.7. The van der Waals surface area contributed by atoms with Crippen molar-refractivity contribution in [3.63, 3.8) is 0 Å². The van der Waals surface area contributed by atoms with Crippen molar-refractivity contribution in [2.75, 3.05) is 21.3 Å². The van der Waals surface area contributed by atoms with Crippen molar-refractivity contribution in [1.82, 2.24) is 0 Å². The van der Waals surface area contributed by atoms with E-state index < -0.39 is 57.6 Å². The molecule has 2 rings (SSSR count). The number of nitro groups is 1. The summed E-state index contributed by atoms with van der Waals surface area (Å²) in [5.41, 5.74) is -4.49. The third kappa shape index (κ3) is 4.97. The van der Waals surface area contributed by atoms with Gasteiger partial charge in [-0.15, -0.1) is 0 Å². The molecule has 0 saturated heterocycles. The molecule has 0 N–H and O–H groups in total. The van der Waals surface area contributed by atoms with E-state index in [0.29, 0.717) is 5.75 Å². The molecule has 2 aromatic rings. The molecule has 1 unspecified atom stereocenters. The topological polar surface area (TPSA) is 105 Å². The highest BCUT2D eigenvalue weighted by Crippen LogP contribution is 2.47. The highest BCUT2D eigenvalue weighted by molar-refractivity contribution is 6.01. The van der Waals surface area contributed by atoms with Gasteiger partial charge in [0.1, 0.15) is 5.75 Å². The minimum atomic E-state index is -4.92. The van der Waals surface area contributed by atoms with Crippen LogP contribution < -0.4 is 4.74 Å². The molecule has 8 nitrogen and oxygen atoms in total. The summed E-state index contributed by atoms with van der Waals surface area (Å²) in [7, 11) is 3.48. The molecule has 34 heavy (non-hydrogen) atoms. The SMILES string of the molecule is CCC(C(=O)OC)(C(=O)OC)C(Cc1c([N+](=O)[O-])cccc1C(F)(F)F)c1ccc(OC)cc1. The van der Waals surface area contributed by atoms with Gasteiger partial charge in [-0.1, -0.05) is 25.1 Å². The van der Waals surface area contributed by atoms with E-state index >= 15 is 0 Å². The highest BCUT2D eigenvalue weighted by Gasteiger charge is 2.54. The van der Waals surface area contributed by atoms with Crippen molar-refractivity contribution in [1.29, 1.82) is 0 Å². The van der Waals surface area contributed by atoms with Gasteiger partial charge in [-0.05, 0) is 36.6 Å². The van der Waals surface area contributed by atoms with E-state index in [1.807, 2.05) is 0 Å². The Morgan fingerprint density at radius 1 is 1.00 bits per heavy atom. The van der Waals surface area contributed by atoms with E-state index in [2.05, 4.69) is 0 Å². The molecule has 2 aromatic carbocycles. The van der Waals surface area contributed by atoms with E-state index in [-0.39, 0.29) is 12.0 Å². The first-order chi connectivity index (χ1) is 16.0. The second-order valence-corrected chi connectivity index (χ2v) is 7.40. The molecule has 1 atom stereocenters. The van der Waals surface area contributed by atoms with Gasteiger partial charge in [0.05, 0.1) is 31.8 Å². The Hall–Kier alpha value is -3.63. The van der Waals surface area contributed by atoms with E-state index in [1.165, 1.54) is 38.3 Å². The number of alkyl halides is 3. The number of nitro benzene ring substituents is 1. The lowest BCUT2D eigenvalue weighted by molar-refractivity contribution is -0.385. The van der Waals surface area contributed by atoms with Crippen LogP contribution in [0.3, 0.4) is 0 Å². The predicted octanol–water partition coefficient (Wildman–Crippen LogP) is 4.69. The fraction of sp³-hybridized carbons (Fsp3) is 0.391. The number of ether oxygens (including phenoxy) is 3. The molecule has 0 radical (unpaired) electrons. The van der Waals surface area contributed by atoms with Crippen LogP contribution in [0.2, 0.25) is 0 Å². The highest BCUT2D eigenvalue weighted by atomic mass is 19.4. The standard InChI is InChI=1S/C23H24F3NO7/c1-5-22(20(28)33-3,21(29)34-4)18(14-9-11-15(32-2)12-10-14)13-16-17(23(24,25)26)7-6-8-19(16)27(30)31/h6-12,18H,5,13H2,1-4H3. The molecule has 0 heterocycles. The molecule has 0 aliphatic rings. The van der Waals surface area contributed by atoms with Crippen LogP contribution in [0.4, 0.5) is 18.9 Å². The minimum Gasteiger partial charge on any atom is -0.497 e. The van der Waals surface area contributed by atoms with Crippen molar-refractivity contribution in [3.05, 3.63) is 69.3 Å². The molecule has 0 aliphatic heterocycles. The Bertz CT molecular complexity index is 1040. The second-order valence-electron chi connectivity index (χ2n) is 7.40. The van der Waals surface area contributed by atoms with Gasteiger partial charge < -0.3 is 14.2 Å². The molecule has 0 aliphatic carbocycles. The average Bonchev–Trinajstić information content (AvgIpc) is 2.82. The van der Waals surface area contributed by atoms with Gasteiger partial charge in [-0.2, -0.15) is 13.2 Å². The normalized spacial score (nSPS) is 12.6. The van der Waals surface area contributed by atoms with Crippen LogP contribution in [-0.4, -0.2) is 38.2 Å². The van der Waals surface area contributed by atoms with Crippen LogP contribution in [0.5, 0.6) is 5.75 Å². The summed E-state index contributed by atoms with van der Waals surface area (Å²) < 4.78 is 56.4. The molecule has 0 saturated carbocycles. The van der Waals surface area contributed by atoms with Crippen LogP contribution in [0.1, 0.15) is 36.0 Å². The maximum absolute atomic E-state index is 13.8. The quantitative estimate of drug-likeness (QED) is 0.221. The summed E-state index contributed by atoms with van der Waals surface area (Å²) in [6, 6.07) is 8.55. The Morgan fingerprint density at radius 3 is 1.97 bits per heavy atom. The number of nitrogens with zero attached hydrogens (tertiary/aromatic N) is 1. The number of esters is 2. The van der Waals surface area contributed by atoms with Crippen molar-refractivity contribution in [2.24, 2.45) is 5.41 Å². The van der Waals surface area contributed by atoms with Gasteiger partial charge in [0, 0.05) is 17.5 Å². The maximum atomic E-state index is 13.8. The number of methoxy groups -OCH3 is 3. The third-order valence-corrected chi connectivity index (χ3v) is 5.83. The fourth-order valence-electron chi connectivity index (χ4n) is 4.11. The molecule has 11 heteroatoms. The van der Waals surface area contributed by atoms with Gasteiger partial charge in [0.2, 0.25) is 0 Å². The summed E-state index contributed by atoms with van der Waals surface area (Å²) in [6.07, 6.45) is -5.79. The molecule has 0 spiro atoms. The lowest BCUT2D eigenvalue weighted by Crippen LogP contribution is -2.46. The number of benzene rings is 2. The maximum Gasteiger partial charge on any atom is 0.416 e. The summed E-state index contributed by atoms with van der Waals surface area (Å²) in [6.45, 7) is 1.48. The van der Waals surface area contributed by atoms with Crippen molar-refractivity contribution in [3.8, 4) is 5.75 Å². The van der Waals surface area contributed by atoms with Gasteiger partial charge in [-0.3, -0.25) is 19.7 Å². The summed E-state index contributed by atoms with van der Waals surface area (Å²) in [5.74, 6) is -2.95. The fourth-order valence-corrected chi connectivity index (χ4v) is 4.11. The van der Waals surface area contributed by atoms with Crippen molar-refractivity contribution >= 4 is 17.6 Å². The number of carbonyl (C=O) groups is 2. The smallest absolute Gasteiger partial charge is 0.416 e. The molecule has 0 fully saturated rings. The molecule has 0 aromatic heterocycles. The van der Waals surface area contributed by atoms with Crippen LogP contribution in [0, 0.1) is 15.5 Å². The Balaban J connectivity index is 2.90. The summed E-state index contributed by atoms with van der Waals surface area (Å²) in [4.78, 5) is 36.7. The number of hydrogen-bond donors (Lipinski definition) is 0.